The van der Waals surface area contributed by atoms with Crippen molar-refractivity contribution in [2.75, 3.05) is 12.8 Å². The summed E-state index contributed by atoms with van der Waals surface area (Å²) in [5.41, 5.74) is 2.19. The molecule has 0 aliphatic carbocycles. The predicted octanol–water partition coefficient (Wildman–Crippen LogP) is 1.78. The predicted molar refractivity (Wildman–Crippen MR) is 62.1 cm³/mol. The summed E-state index contributed by atoms with van der Waals surface area (Å²) in [6.45, 7) is 4.10. The van der Waals surface area contributed by atoms with E-state index in [-0.39, 0.29) is 5.75 Å². The number of sulfonamides is 1. The van der Waals surface area contributed by atoms with E-state index in [1.165, 1.54) is 9.87 Å². The van der Waals surface area contributed by atoms with Crippen LogP contribution in [-0.2, 0) is 16.6 Å². The van der Waals surface area contributed by atoms with Gasteiger partial charge in [0.05, 0.1) is 5.75 Å². The van der Waals surface area contributed by atoms with Gasteiger partial charge >= 0.3 is 0 Å². The van der Waals surface area contributed by atoms with E-state index < -0.39 is 10.0 Å². The Labute approximate surface area is 91.8 Å². The van der Waals surface area contributed by atoms with E-state index in [1.54, 1.807) is 14.0 Å². The zero-order valence-corrected chi connectivity index (χ0v) is 10.2. The Morgan fingerprint density at radius 1 is 1.20 bits per heavy atom. The zero-order valence-electron chi connectivity index (χ0n) is 9.40. The third-order valence-corrected chi connectivity index (χ3v) is 4.17. The van der Waals surface area contributed by atoms with Crippen molar-refractivity contribution < 1.29 is 8.42 Å². The molecule has 0 unspecified atom stereocenters. The molecular formula is C11H17NO2S. The maximum absolute atomic E-state index is 11.5. The SMILES string of the molecule is CCS(=O)(=O)N(C)Cc1ccc(C)cc1. The van der Waals surface area contributed by atoms with Crippen LogP contribution in [0.3, 0.4) is 0 Å². The van der Waals surface area contributed by atoms with Gasteiger partial charge in [-0.15, -0.1) is 0 Å². The van der Waals surface area contributed by atoms with Crippen LogP contribution in [0.25, 0.3) is 0 Å². The van der Waals surface area contributed by atoms with Gasteiger partial charge in [0.2, 0.25) is 10.0 Å². The Bertz CT molecular complexity index is 409. The number of benzene rings is 1. The summed E-state index contributed by atoms with van der Waals surface area (Å²) in [4.78, 5) is 0. The molecule has 0 heterocycles. The van der Waals surface area contributed by atoms with E-state index in [4.69, 9.17) is 0 Å². The lowest BCUT2D eigenvalue weighted by Gasteiger charge is -2.15. The molecule has 0 spiro atoms. The van der Waals surface area contributed by atoms with E-state index in [9.17, 15) is 8.42 Å². The van der Waals surface area contributed by atoms with Crippen LogP contribution in [0.5, 0.6) is 0 Å². The van der Waals surface area contributed by atoms with Crippen molar-refractivity contribution >= 4 is 10.0 Å². The molecule has 4 heteroatoms. The molecule has 0 aliphatic heterocycles. The van der Waals surface area contributed by atoms with Gasteiger partial charge in [-0.1, -0.05) is 29.8 Å². The molecule has 0 N–H and O–H groups in total. The normalized spacial score (nSPS) is 12.0. The molecule has 1 aromatic carbocycles. The minimum absolute atomic E-state index is 0.148. The topological polar surface area (TPSA) is 37.4 Å². The van der Waals surface area contributed by atoms with Gasteiger partial charge in [-0.3, -0.25) is 0 Å². The van der Waals surface area contributed by atoms with Crippen molar-refractivity contribution in [1.29, 1.82) is 0 Å². The fraction of sp³-hybridized carbons (Fsp3) is 0.455. The first kappa shape index (κ1) is 12.2. The molecule has 84 valence electrons. The lowest BCUT2D eigenvalue weighted by molar-refractivity contribution is 0.468. The highest BCUT2D eigenvalue weighted by Crippen LogP contribution is 2.08. The molecule has 3 nitrogen and oxygen atoms in total. The number of nitrogens with zero attached hydrogens (tertiary/aromatic N) is 1. The van der Waals surface area contributed by atoms with E-state index in [1.807, 2.05) is 31.2 Å². The second-order valence-electron chi connectivity index (χ2n) is 3.64. The van der Waals surface area contributed by atoms with Crippen LogP contribution in [0, 0.1) is 6.92 Å². The van der Waals surface area contributed by atoms with E-state index in [0.29, 0.717) is 6.54 Å². The summed E-state index contributed by atoms with van der Waals surface area (Å²) in [6.07, 6.45) is 0. The first-order valence-corrected chi connectivity index (χ1v) is 6.56. The molecule has 0 saturated heterocycles. The van der Waals surface area contributed by atoms with Gasteiger partial charge in [-0.2, -0.15) is 0 Å². The number of rotatable bonds is 4. The maximum Gasteiger partial charge on any atom is 0.213 e. The zero-order chi connectivity index (χ0) is 11.5. The Kier molecular flexibility index (Phi) is 3.88. The Morgan fingerprint density at radius 3 is 2.20 bits per heavy atom. The first-order valence-electron chi connectivity index (χ1n) is 4.95. The van der Waals surface area contributed by atoms with Crippen molar-refractivity contribution in [3.05, 3.63) is 35.4 Å². The Morgan fingerprint density at radius 2 is 1.73 bits per heavy atom. The summed E-state index contributed by atoms with van der Waals surface area (Å²) in [5, 5.41) is 0. The second-order valence-corrected chi connectivity index (χ2v) is 6.01. The fourth-order valence-corrected chi connectivity index (χ4v) is 2.06. The highest BCUT2D eigenvalue weighted by Gasteiger charge is 2.14. The smallest absolute Gasteiger partial charge is 0.212 e. The van der Waals surface area contributed by atoms with Gasteiger partial charge in [0, 0.05) is 13.6 Å². The highest BCUT2D eigenvalue weighted by atomic mass is 32.2. The number of aryl methyl sites for hydroxylation is 1. The van der Waals surface area contributed by atoms with Crippen LogP contribution in [0.4, 0.5) is 0 Å². The van der Waals surface area contributed by atoms with Crippen molar-refractivity contribution in [1.82, 2.24) is 4.31 Å². The lowest BCUT2D eigenvalue weighted by Crippen LogP contribution is -2.27. The van der Waals surface area contributed by atoms with Crippen LogP contribution in [0.1, 0.15) is 18.1 Å². The van der Waals surface area contributed by atoms with Crippen molar-refractivity contribution in [2.24, 2.45) is 0 Å². The van der Waals surface area contributed by atoms with Crippen molar-refractivity contribution in [3.63, 3.8) is 0 Å². The van der Waals surface area contributed by atoms with Gasteiger partial charge in [0.25, 0.3) is 0 Å². The van der Waals surface area contributed by atoms with Gasteiger partial charge < -0.3 is 0 Å². The minimum atomic E-state index is -3.07. The fourth-order valence-electron chi connectivity index (χ4n) is 1.27. The molecule has 1 rings (SSSR count). The Hall–Kier alpha value is -0.870. The van der Waals surface area contributed by atoms with Gasteiger partial charge in [-0.25, -0.2) is 12.7 Å². The average molecular weight is 227 g/mol. The molecule has 0 radical (unpaired) electrons. The standard InChI is InChI=1S/C11H17NO2S/c1-4-15(13,14)12(3)9-11-7-5-10(2)6-8-11/h5-8H,4,9H2,1-3H3. The molecule has 0 aliphatic rings. The minimum Gasteiger partial charge on any atom is -0.212 e. The maximum atomic E-state index is 11.5. The molecule has 0 saturated carbocycles. The van der Waals surface area contributed by atoms with E-state index in [2.05, 4.69) is 0 Å². The third kappa shape index (κ3) is 3.32. The highest BCUT2D eigenvalue weighted by molar-refractivity contribution is 7.89. The van der Waals surface area contributed by atoms with E-state index in [0.717, 1.165) is 5.56 Å². The first-order chi connectivity index (χ1) is 6.95. The van der Waals surface area contributed by atoms with Crippen LogP contribution in [0.15, 0.2) is 24.3 Å². The summed E-state index contributed by atoms with van der Waals surface area (Å²) in [5.74, 6) is 0.148. The largest absolute Gasteiger partial charge is 0.213 e. The molecule has 1 aromatic rings. The number of hydrogen-bond acceptors (Lipinski definition) is 2. The van der Waals surface area contributed by atoms with Crippen LogP contribution in [0.2, 0.25) is 0 Å². The molecular weight excluding hydrogens is 210 g/mol. The lowest BCUT2D eigenvalue weighted by atomic mass is 10.1. The molecule has 0 atom stereocenters. The monoisotopic (exact) mass is 227 g/mol. The quantitative estimate of drug-likeness (QED) is 0.786. The van der Waals surface area contributed by atoms with E-state index >= 15 is 0 Å². The average Bonchev–Trinajstić information content (AvgIpc) is 2.21. The van der Waals surface area contributed by atoms with Crippen molar-refractivity contribution in [3.8, 4) is 0 Å². The van der Waals surface area contributed by atoms with Crippen LogP contribution >= 0.6 is 0 Å². The number of hydrogen-bond donors (Lipinski definition) is 0. The molecule has 0 fully saturated rings. The van der Waals surface area contributed by atoms with Gasteiger partial charge in [0.15, 0.2) is 0 Å². The summed E-state index contributed by atoms with van der Waals surface area (Å²) in [7, 11) is -1.46. The van der Waals surface area contributed by atoms with Gasteiger partial charge in [-0.05, 0) is 19.4 Å². The van der Waals surface area contributed by atoms with Crippen molar-refractivity contribution in [2.45, 2.75) is 20.4 Å². The molecule has 0 amide bonds. The third-order valence-electron chi connectivity index (χ3n) is 2.37. The molecule has 15 heavy (non-hydrogen) atoms. The van der Waals surface area contributed by atoms with Crippen LogP contribution < -0.4 is 0 Å². The summed E-state index contributed by atoms with van der Waals surface area (Å²) >= 11 is 0. The van der Waals surface area contributed by atoms with Crippen LogP contribution in [-0.4, -0.2) is 25.5 Å². The molecule has 0 aromatic heterocycles. The molecule has 0 bridgehead atoms. The Balaban J connectivity index is 2.75. The summed E-state index contributed by atoms with van der Waals surface area (Å²) in [6, 6.07) is 7.89. The second kappa shape index (κ2) is 4.77. The summed E-state index contributed by atoms with van der Waals surface area (Å²) < 4.78 is 24.4. The van der Waals surface area contributed by atoms with Gasteiger partial charge in [0.1, 0.15) is 0 Å².